The minimum absolute atomic E-state index is 0.00745. The Morgan fingerprint density at radius 2 is 1.90 bits per heavy atom. The third kappa shape index (κ3) is 4.08. The van der Waals surface area contributed by atoms with Gasteiger partial charge in [0.1, 0.15) is 17.1 Å². The monoisotopic (exact) mass is 395 g/mol. The number of benzene rings is 1. The first-order valence-corrected chi connectivity index (χ1v) is 9.54. The van der Waals surface area contributed by atoms with Crippen LogP contribution in [0.5, 0.6) is 0 Å². The molecule has 1 aromatic carbocycles. The van der Waals surface area contributed by atoms with Crippen molar-refractivity contribution in [2.45, 2.75) is 32.7 Å². The Hall–Kier alpha value is -3.36. The number of rotatable bonds is 4. The number of anilines is 1. The molecule has 0 saturated carbocycles. The summed E-state index contributed by atoms with van der Waals surface area (Å²) in [5.41, 5.74) is 2.07. The maximum absolute atomic E-state index is 14.6. The van der Waals surface area contributed by atoms with Crippen molar-refractivity contribution in [3.8, 4) is 5.69 Å². The van der Waals surface area contributed by atoms with Crippen molar-refractivity contribution in [1.82, 2.24) is 29.9 Å². The molecule has 2 aromatic heterocycles. The fourth-order valence-corrected chi connectivity index (χ4v) is 3.64. The molecule has 1 amide bonds. The summed E-state index contributed by atoms with van der Waals surface area (Å²) in [6, 6.07) is 6.36. The maximum Gasteiger partial charge on any atom is 0.259 e. The number of carbonyl (C=O) groups is 1. The third-order valence-electron chi connectivity index (χ3n) is 4.86. The second-order valence-corrected chi connectivity index (χ2v) is 7.16. The lowest BCUT2D eigenvalue weighted by Gasteiger charge is -2.33. The molecule has 1 atom stereocenters. The molecule has 1 aliphatic heterocycles. The van der Waals surface area contributed by atoms with Crippen LogP contribution in [0.4, 0.5) is 10.3 Å². The lowest BCUT2D eigenvalue weighted by Crippen LogP contribution is -2.45. The van der Waals surface area contributed by atoms with E-state index in [1.54, 1.807) is 17.0 Å². The first-order chi connectivity index (χ1) is 14.0. The van der Waals surface area contributed by atoms with Crippen LogP contribution in [0, 0.1) is 19.7 Å². The van der Waals surface area contributed by atoms with Crippen LogP contribution in [-0.4, -0.2) is 54.9 Å². The van der Waals surface area contributed by atoms with Gasteiger partial charge in [-0.2, -0.15) is 15.0 Å². The van der Waals surface area contributed by atoms with Crippen LogP contribution in [0.15, 0.2) is 36.7 Å². The summed E-state index contributed by atoms with van der Waals surface area (Å²) >= 11 is 0. The standard InChI is InChI=1S/C20H22FN7O/c1-13-11-14(2)25-20(24-13)26-15-5-4-10-27(12-15)19(29)18-16(21)6-3-7-17(18)28-22-8-9-23-28/h3,6-9,11,15H,4-5,10,12H2,1-2H3,(H,24,25,26). The molecular weight excluding hydrogens is 373 g/mol. The van der Waals surface area contributed by atoms with E-state index in [1.807, 2.05) is 19.9 Å². The minimum Gasteiger partial charge on any atom is -0.350 e. The summed E-state index contributed by atoms with van der Waals surface area (Å²) in [5.74, 6) is -0.408. The number of aromatic nitrogens is 5. The van der Waals surface area contributed by atoms with Gasteiger partial charge in [0, 0.05) is 30.5 Å². The van der Waals surface area contributed by atoms with Gasteiger partial charge in [0.05, 0.1) is 12.4 Å². The molecule has 150 valence electrons. The van der Waals surface area contributed by atoms with E-state index in [9.17, 15) is 9.18 Å². The highest BCUT2D eigenvalue weighted by Gasteiger charge is 2.29. The Labute approximate surface area is 167 Å². The van der Waals surface area contributed by atoms with E-state index < -0.39 is 5.82 Å². The first-order valence-electron chi connectivity index (χ1n) is 9.54. The zero-order valence-corrected chi connectivity index (χ0v) is 16.3. The SMILES string of the molecule is Cc1cc(C)nc(NC2CCCN(C(=O)c3c(F)cccc3-n3nccn3)C2)n1. The number of halogens is 1. The van der Waals surface area contributed by atoms with E-state index >= 15 is 0 Å². The predicted molar refractivity (Wildman–Crippen MR) is 105 cm³/mol. The Balaban J connectivity index is 1.55. The summed E-state index contributed by atoms with van der Waals surface area (Å²) in [5, 5.41) is 11.4. The molecule has 1 fully saturated rings. The van der Waals surface area contributed by atoms with Crippen molar-refractivity contribution in [1.29, 1.82) is 0 Å². The summed E-state index contributed by atoms with van der Waals surface area (Å²) in [6.45, 7) is 4.83. The molecular formula is C20H22FN7O. The molecule has 3 heterocycles. The molecule has 0 aliphatic carbocycles. The second kappa shape index (κ2) is 7.94. The number of aryl methyl sites for hydroxylation is 2. The fourth-order valence-electron chi connectivity index (χ4n) is 3.64. The van der Waals surface area contributed by atoms with Crippen LogP contribution in [0.1, 0.15) is 34.6 Å². The quantitative estimate of drug-likeness (QED) is 0.730. The van der Waals surface area contributed by atoms with E-state index in [-0.39, 0.29) is 17.5 Å². The molecule has 4 rings (SSSR count). The molecule has 1 unspecified atom stereocenters. The topological polar surface area (TPSA) is 88.8 Å². The molecule has 8 nitrogen and oxygen atoms in total. The molecule has 1 saturated heterocycles. The van der Waals surface area contributed by atoms with E-state index in [0.717, 1.165) is 24.2 Å². The Kier molecular flexibility index (Phi) is 5.20. The molecule has 29 heavy (non-hydrogen) atoms. The summed E-state index contributed by atoms with van der Waals surface area (Å²) in [6.07, 6.45) is 4.66. The highest BCUT2D eigenvalue weighted by atomic mass is 19.1. The van der Waals surface area contributed by atoms with Crippen LogP contribution in [0.2, 0.25) is 0 Å². The Morgan fingerprint density at radius 1 is 1.17 bits per heavy atom. The van der Waals surface area contributed by atoms with Crippen LogP contribution in [-0.2, 0) is 0 Å². The lowest BCUT2D eigenvalue weighted by molar-refractivity contribution is 0.0709. The Bertz CT molecular complexity index is 1000. The fraction of sp³-hybridized carbons (Fsp3) is 0.350. The highest BCUT2D eigenvalue weighted by Crippen LogP contribution is 2.22. The second-order valence-electron chi connectivity index (χ2n) is 7.16. The van der Waals surface area contributed by atoms with Gasteiger partial charge in [-0.3, -0.25) is 4.79 Å². The number of nitrogens with one attached hydrogen (secondary N) is 1. The normalized spacial score (nSPS) is 16.7. The summed E-state index contributed by atoms with van der Waals surface area (Å²) < 4.78 is 14.6. The minimum atomic E-state index is -0.586. The Morgan fingerprint density at radius 3 is 2.62 bits per heavy atom. The van der Waals surface area contributed by atoms with Crippen molar-refractivity contribution < 1.29 is 9.18 Å². The number of hydrogen-bond acceptors (Lipinski definition) is 6. The van der Waals surface area contributed by atoms with Gasteiger partial charge >= 0.3 is 0 Å². The maximum atomic E-state index is 14.6. The average molecular weight is 395 g/mol. The van der Waals surface area contributed by atoms with Crippen LogP contribution in [0.3, 0.4) is 0 Å². The van der Waals surface area contributed by atoms with E-state index in [4.69, 9.17) is 0 Å². The number of amides is 1. The lowest BCUT2D eigenvalue weighted by atomic mass is 10.0. The summed E-state index contributed by atoms with van der Waals surface area (Å²) in [7, 11) is 0. The third-order valence-corrected chi connectivity index (χ3v) is 4.86. The van der Waals surface area contributed by atoms with Crippen LogP contribution in [0.25, 0.3) is 5.69 Å². The molecule has 1 N–H and O–H groups in total. The smallest absolute Gasteiger partial charge is 0.259 e. The molecule has 0 radical (unpaired) electrons. The van der Waals surface area contributed by atoms with Gasteiger partial charge in [0.25, 0.3) is 5.91 Å². The summed E-state index contributed by atoms with van der Waals surface area (Å²) in [4.78, 5) is 25.0. The number of piperidine rings is 1. The van der Waals surface area contributed by atoms with Gasteiger partial charge in [0.15, 0.2) is 0 Å². The number of carbonyl (C=O) groups excluding carboxylic acids is 1. The zero-order chi connectivity index (χ0) is 20.4. The van der Waals surface area contributed by atoms with Crippen molar-refractivity contribution >= 4 is 11.9 Å². The van der Waals surface area contributed by atoms with E-state index in [1.165, 1.54) is 23.3 Å². The van der Waals surface area contributed by atoms with Gasteiger partial charge in [-0.25, -0.2) is 14.4 Å². The van der Waals surface area contributed by atoms with Crippen molar-refractivity contribution in [2.24, 2.45) is 0 Å². The number of nitrogens with zero attached hydrogens (tertiary/aromatic N) is 6. The van der Waals surface area contributed by atoms with Gasteiger partial charge in [-0.1, -0.05) is 6.07 Å². The molecule has 0 bridgehead atoms. The van der Waals surface area contributed by atoms with Crippen molar-refractivity contribution in [3.63, 3.8) is 0 Å². The van der Waals surface area contributed by atoms with E-state index in [2.05, 4.69) is 25.5 Å². The molecule has 9 heteroatoms. The predicted octanol–water partition coefficient (Wildman–Crippen LogP) is 2.53. The van der Waals surface area contributed by atoms with E-state index in [0.29, 0.717) is 24.7 Å². The molecule has 0 spiro atoms. The van der Waals surface area contributed by atoms with Gasteiger partial charge in [-0.05, 0) is 44.9 Å². The van der Waals surface area contributed by atoms with Gasteiger partial charge in [0.2, 0.25) is 5.95 Å². The highest BCUT2D eigenvalue weighted by molar-refractivity contribution is 5.98. The molecule has 3 aromatic rings. The largest absolute Gasteiger partial charge is 0.350 e. The zero-order valence-electron chi connectivity index (χ0n) is 16.3. The number of likely N-dealkylation sites (tertiary alicyclic amines) is 1. The van der Waals surface area contributed by atoms with Crippen LogP contribution >= 0.6 is 0 Å². The van der Waals surface area contributed by atoms with Gasteiger partial charge in [-0.15, -0.1) is 0 Å². The van der Waals surface area contributed by atoms with Crippen molar-refractivity contribution in [2.75, 3.05) is 18.4 Å². The van der Waals surface area contributed by atoms with Gasteiger partial charge < -0.3 is 10.2 Å². The number of hydrogen-bond donors (Lipinski definition) is 1. The first kappa shape index (κ1) is 19.0. The average Bonchev–Trinajstić information content (AvgIpc) is 3.21. The molecule has 1 aliphatic rings. The van der Waals surface area contributed by atoms with Crippen molar-refractivity contribution in [3.05, 3.63) is 59.4 Å². The van der Waals surface area contributed by atoms with Crippen LogP contribution < -0.4 is 5.32 Å².